The number of pyridine rings is 1. The highest BCUT2D eigenvalue weighted by Gasteiger charge is 2.08. The molecule has 0 amide bonds. The van der Waals surface area contributed by atoms with E-state index < -0.39 is 0 Å². The molecular formula is C9H10N2O. The molecule has 3 heteroatoms. The van der Waals surface area contributed by atoms with Gasteiger partial charge >= 0.3 is 0 Å². The minimum absolute atomic E-state index is 0.543. The summed E-state index contributed by atoms with van der Waals surface area (Å²) in [5.74, 6) is 0.543. The molecule has 0 aliphatic heterocycles. The molecule has 0 fully saturated rings. The Bertz CT molecular complexity index is 431. The van der Waals surface area contributed by atoms with Gasteiger partial charge in [0.05, 0.1) is 11.6 Å². The van der Waals surface area contributed by atoms with Gasteiger partial charge in [-0.15, -0.1) is 0 Å². The summed E-state index contributed by atoms with van der Waals surface area (Å²) in [5, 5.41) is 0.940. The van der Waals surface area contributed by atoms with Crippen molar-refractivity contribution in [1.82, 2.24) is 4.98 Å². The van der Waals surface area contributed by atoms with Crippen LogP contribution in [-0.4, -0.2) is 4.98 Å². The number of fused-ring (bicyclic) bond motifs is 1. The average Bonchev–Trinajstić information content (AvgIpc) is 2.42. The maximum absolute atomic E-state index is 5.70. The lowest BCUT2D eigenvalue weighted by Crippen LogP contribution is -1.91. The van der Waals surface area contributed by atoms with Crippen molar-refractivity contribution in [3.05, 3.63) is 23.6 Å². The number of hydrogen-bond donors (Lipinski definition) is 1. The number of aromatic nitrogens is 1. The Morgan fingerprint density at radius 1 is 1.33 bits per heavy atom. The maximum atomic E-state index is 5.70. The van der Waals surface area contributed by atoms with Crippen LogP contribution in [-0.2, 0) is 0 Å². The molecular weight excluding hydrogens is 152 g/mol. The molecule has 0 saturated carbocycles. The molecule has 0 aliphatic carbocycles. The van der Waals surface area contributed by atoms with Gasteiger partial charge in [0.1, 0.15) is 11.4 Å². The van der Waals surface area contributed by atoms with E-state index in [9.17, 15) is 0 Å². The summed E-state index contributed by atoms with van der Waals surface area (Å²) in [4.78, 5) is 4.06. The number of nitrogens with zero attached hydrogens (tertiary/aromatic N) is 1. The van der Waals surface area contributed by atoms with Crippen LogP contribution in [0.3, 0.4) is 0 Å². The first-order valence-electron chi connectivity index (χ1n) is 3.79. The highest BCUT2D eigenvalue weighted by molar-refractivity contribution is 5.91. The van der Waals surface area contributed by atoms with Gasteiger partial charge in [-0.1, -0.05) is 0 Å². The van der Waals surface area contributed by atoms with E-state index >= 15 is 0 Å². The van der Waals surface area contributed by atoms with Crippen molar-refractivity contribution in [2.75, 3.05) is 5.73 Å². The smallest absolute Gasteiger partial charge is 0.142 e. The minimum Gasteiger partial charge on any atom is -0.464 e. The summed E-state index contributed by atoms with van der Waals surface area (Å²) in [5.41, 5.74) is 8.61. The molecule has 3 nitrogen and oxygen atoms in total. The quantitative estimate of drug-likeness (QED) is 0.644. The van der Waals surface area contributed by atoms with E-state index in [2.05, 4.69) is 4.98 Å². The Balaban J connectivity index is 2.98. The van der Waals surface area contributed by atoms with Crippen LogP contribution in [0.25, 0.3) is 11.0 Å². The standard InChI is InChI=1S/C9H10N2O/c1-5-3-11-9(10)7-6(2)4-12-8(5)7/h3-4H,1-2H3,(H2,10,11). The molecule has 0 aromatic carbocycles. The molecule has 2 aromatic heterocycles. The van der Waals surface area contributed by atoms with Gasteiger partial charge in [0.2, 0.25) is 0 Å². The monoisotopic (exact) mass is 162 g/mol. The van der Waals surface area contributed by atoms with Crippen LogP contribution in [0.2, 0.25) is 0 Å². The lowest BCUT2D eigenvalue weighted by Gasteiger charge is -1.97. The zero-order valence-electron chi connectivity index (χ0n) is 7.09. The molecule has 2 aromatic rings. The third kappa shape index (κ3) is 0.794. The Morgan fingerprint density at radius 2 is 2.08 bits per heavy atom. The van der Waals surface area contributed by atoms with Crippen LogP contribution < -0.4 is 5.73 Å². The summed E-state index contributed by atoms with van der Waals surface area (Å²) in [7, 11) is 0. The topological polar surface area (TPSA) is 52.0 Å². The first-order chi connectivity index (χ1) is 5.70. The van der Waals surface area contributed by atoms with Crippen LogP contribution >= 0.6 is 0 Å². The minimum atomic E-state index is 0.543. The van der Waals surface area contributed by atoms with Crippen molar-refractivity contribution in [1.29, 1.82) is 0 Å². The van der Waals surface area contributed by atoms with Gasteiger partial charge in [-0.25, -0.2) is 4.98 Å². The SMILES string of the molecule is Cc1cnc(N)c2c(C)coc12. The Kier molecular flexibility index (Phi) is 1.33. The van der Waals surface area contributed by atoms with Crippen molar-refractivity contribution in [3.8, 4) is 0 Å². The molecule has 2 N–H and O–H groups in total. The number of rotatable bonds is 0. The van der Waals surface area contributed by atoms with Crippen molar-refractivity contribution >= 4 is 16.8 Å². The third-order valence-corrected chi connectivity index (χ3v) is 1.99. The summed E-state index contributed by atoms with van der Waals surface area (Å²) >= 11 is 0. The number of furan rings is 1. The normalized spacial score (nSPS) is 10.8. The zero-order valence-corrected chi connectivity index (χ0v) is 7.09. The third-order valence-electron chi connectivity index (χ3n) is 1.99. The molecule has 2 heterocycles. The van der Waals surface area contributed by atoms with Gasteiger partial charge in [0.15, 0.2) is 0 Å². The molecule has 0 spiro atoms. The van der Waals surface area contributed by atoms with Crippen LogP contribution in [0.4, 0.5) is 5.82 Å². The van der Waals surface area contributed by atoms with Crippen LogP contribution in [0.15, 0.2) is 16.9 Å². The second kappa shape index (κ2) is 2.24. The predicted molar refractivity (Wildman–Crippen MR) is 47.9 cm³/mol. The van der Waals surface area contributed by atoms with E-state index in [1.54, 1.807) is 12.5 Å². The lowest BCUT2D eigenvalue weighted by atomic mass is 10.2. The maximum Gasteiger partial charge on any atom is 0.142 e. The van der Waals surface area contributed by atoms with E-state index in [0.29, 0.717) is 5.82 Å². The predicted octanol–water partition coefficient (Wildman–Crippen LogP) is 2.03. The molecule has 62 valence electrons. The summed E-state index contributed by atoms with van der Waals surface area (Å²) in [6.45, 7) is 3.92. The zero-order chi connectivity index (χ0) is 8.72. The lowest BCUT2D eigenvalue weighted by molar-refractivity contribution is 0.610. The molecule has 0 atom stereocenters. The Hall–Kier alpha value is -1.51. The van der Waals surface area contributed by atoms with Crippen LogP contribution in [0.5, 0.6) is 0 Å². The van der Waals surface area contributed by atoms with Crippen molar-refractivity contribution in [2.24, 2.45) is 0 Å². The second-order valence-electron chi connectivity index (χ2n) is 2.95. The summed E-state index contributed by atoms with van der Waals surface area (Å²) in [6.07, 6.45) is 3.43. The largest absolute Gasteiger partial charge is 0.464 e. The highest BCUT2D eigenvalue weighted by atomic mass is 16.3. The van der Waals surface area contributed by atoms with E-state index in [1.807, 2.05) is 13.8 Å². The first kappa shape index (κ1) is 7.16. The van der Waals surface area contributed by atoms with Gasteiger partial charge < -0.3 is 10.2 Å². The van der Waals surface area contributed by atoms with Crippen molar-refractivity contribution in [2.45, 2.75) is 13.8 Å². The molecule has 2 rings (SSSR count). The fourth-order valence-electron chi connectivity index (χ4n) is 1.34. The van der Waals surface area contributed by atoms with E-state index in [0.717, 1.165) is 22.1 Å². The first-order valence-corrected chi connectivity index (χ1v) is 3.79. The number of hydrogen-bond acceptors (Lipinski definition) is 3. The molecule has 0 unspecified atom stereocenters. The van der Waals surface area contributed by atoms with Crippen molar-refractivity contribution in [3.63, 3.8) is 0 Å². The number of nitrogen functional groups attached to an aromatic ring is 1. The van der Waals surface area contributed by atoms with E-state index in [1.165, 1.54) is 0 Å². The summed E-state index contributed by atoms with van der Waals surface area (Å²) in [6, 6.07) is 0. The van der Waals surface area contributed by atoms with E-state index in [4.69, 9.17) is 10.2 Å². The van der Waals surface area contributed by atoms with Gasteiger partial charge in [-0.3, -0.25) is 0 Å². The number of aryl methyl sites for hydroxylation is 2. The molecule has 0 saturated heterocycles. The van der Waals surface area contributed by atoms with Gasteiger partial charge in [0.25, 0.3) is 0 Å². The van der Waals surface area contributed by atoms with Gasteiger partial charge in [-0.05, 0) is 19.4 Å². The van der Waals surface area contributed by atoms with Crippen LogP contribution in [0, 0.1) is 13.8 Å². The summed E-state index contributed by atoms with van der Waals surface area (Å²) < 4.78 is 5.34. The van der Waals surface area contributed by atoms with E-state index in [-0.39, 0.29) is 0 Å². The molecule has 0 bridgehead atoms. The fraction of sp³-hybridized carbons (Fsp3) is 0.222. The molecule has 12 heavy (non-hydrogen) atoms. The second-order valence-corrected chi connectivity index (χ2v) is 2.95. The Labute approximate surface area is 70.2 Å². The van der Waals surface area contributed by atoms with Crippen LogP contribution in [0.1, 0.15) is 11.1 Å². The highest BCUT2D eigenvalue weighted by Crippen LogP contribution is 2.26. The average molecular weight is 162 g/mol. The molecule has 0 aliphatic rings. The van der Waals surface area contributed by atoms with Gasteiger partial charge in [0, 0.05) is 11.8 Å². The number of anilines is 1. The van der Waals surface area contributed by atoms with Crippen molar-refractivity contribution < 1.29 is 4.42 Å². The number of nitrogens with two attached hydrogens (primary N) is 1. The molecule has 0 radical (unpaired) electrons. The van der Waals surface area contributed by atoms with Gasteiger partial charge in [-0.2, -0.15) is 0 Å². The Morgan fingerprint density at radius 3 is 2.75 bits per heavy atom. The fourth-order valence-corrected chi connectivity index (χ4v) is 1.34.